The number of anilines is 1. The van der Waals surface area contributed by atoms with Crippen LogP contribution in [0.25, 0.3) is 0 Å². The second-order valence-corrected chi connectivity index (χ2v) is 5.11. The Bertz CT molecular complexity index is 389. The van der Waals surface area contributed by atoms with Crippen molar-refractivity contribution in [3.05, 3.63) is 29.3 Å². The number of piperidine rings is 1. The summed E-state index contributed by atoms with van der Waals surface area (Å²) in [6.45, 7) is 4.13. The number of rotatable bonds is 3. The van der Waals surface area contributed by atoms with E-state index in [-0.39, 0.29) is 5.69 Å². The maximum Gasteiger partial charge on any atom is 0.149 e. The fourth-order valence-electron chi connectivity index (χ4n) is 2.46. The molecule has 2 nitrogen and oxygen atoms in total. The fourth-order valence-corrected chi connectivity index (χ4v) is 2.46. The third kappa shape index (κ3) is 2.80. The first-order valence-electron chi connectivity index (χ1n) is 6.49. The van der Waals surface area contributed by atoms with E-state index in [1.807, 2.05) is 4.90 Å². The molecule has 18 heavy (non-hydrogen) atoms. The van der Waals surface area contributed by atoms with Crippen LogP contribution in [0.4, 0.5) is 14.5 Å². The van der Waals surface area contributed by atoms with Gasteiger partial charge in [-0.05, 0) is 43.5 Å². The molecule has 1 saturated heterocycles. The van der Waals surface area contributed by atoms with Gasteiger partial charge in [0.1, 0.15) is 17.3 Å². The number of halogens is 2. The minimum atomic E-state index is -0.449. The highest BCUT2D eigenvalue weighted by Crippen LogP contribution is 2.29. The van der Waals surface area contributed by atoms with Crippen LogP contribution in [0.15, 0.2) is 12.1 Å². The van der Waals surface area contributed by atoms with Gasteiger partial charge in [-0.2, -0.15) is 0 Å². The highest BCUT2D eigenvalue weighted by molar-refractivity contribution is 5.51. The van der Waals surface area contributed by atoms with E-state index in [0.29, 0.717) is 18.0 Å². The van der Waals surface area contributed by atoms with Crippen molar-refractivity contribution in [2.45, 2.75) is 26.3 Å². The molecule has 0 spiro atoms. The van der Waals surface area contributed by atoms with E-state index < -0.39 is 11.6 Å². The SMILES string of the molecule is CNCc1cc(F)c(N2CCC(C)CC2)c(F)c1. The Morgan fingerprint density at radius 2 is 1.78 bits per heavy atom. The highest BCUT2D eigenvalue weighted by atomic mass is 19.1. The van der Waals surface area contributed by atoms with Crippen LogP contribution in [0.5, 0.6) is 0 Å². The van der Waals surface area contributed by atoms with Crippen molar-refractivity contribution in [1.29, 1.82) is 0 Å². The van der Waals surface area contributed by atoms with Gasteiger partial charge in [-0.1, -0.05) is 6.92 Å². The Balaban J connectivity index is 2.22. The molecule has 1 aliphatic rings. The van der Waals surface area contributed by atoms with Crippen LogP contribution in [0.2, 0.25) is 0 Å². The molecule has 100 valence electrons. The molecule has 0 bridgehead atoms. The number of nitrogens with zero attached hydrogens (tertiary/aromatic N) is 1. The molecule has 0 amide bonds. The molecule has 1 N–H and O–H groups in total. The molecule has 4 heteroatoms. The Morgan fingerprint density at radius 3 is 2.28 bits per heavy atom. The summed E-state index contributed by atoms with van der Waals surface area (Å²) in [6.07, 6.45) is 1.99. The molecule has 1 fully saturated rings. The smallest absolute Gasteiger partial charge is 0.149 e. The van der Waals surface area contributed by atoms with Crippen LogP contribution in [0.1, 0.15) is 25.3 Å². The minimum absolute atomic E-state index is 0.141. The van der Waals surface area contributed by atoms with Gasteiger partial charge in [0.2, 0.25) is 0 Å². The lowest BCUT2D eigenvalue weighted by Crippen LogP contribution is -2.34. The Hall–Kier alpha value is -1.16. The van der Waals surface area contributed by atoms with Gasteiger partial charge in [-0.25, -0.2) is 8.78 Å². The van der Waals surface area contributed by atoms with E-state index in [1.165, 1.54) is 12.1 Å². The first kappa shape index (κ1) is 13.3. The van der Waals surface area contributed by atoms with E-state index in [0.717, 1.165) is 25.9 Å². The lowest BCUT2D eigenvalue weighted by molar-refractivity contribution is 0.429. The molecular weight excluding hydrogens is 234 g/mol. The number of benzene rings is 1. The molecule has 0 saturated carbocycles. The normalized spacial score (nSPS) is 17.2. The highest BCUT2D eigenvalue weighted by Gasteiger charge is 2.22. The molecule has 1 aromatic rings. The third-order valence-electron chi connectivity index (χ3n) is 3.56. The van der Waals surface area contributed by atoms with Crippen molar-refractivity contribution < 1.29 is 8.78 Å². The van der Waals surface area contributed by atoms with E-state index in [9.17, 15) is 8.78 Å². The van der Waals surface area contributed by atoms with Crippen LogP contribution in [-0.4, -0.2) is 20.1 Å². The van der Waals surface area contributed by atoms with Gasteiger partial charge in [-0.3, -0.25) is 0 Å². The van der Waals surface area contributed by atoms with Gasteiger partial charge >= 0.3 is 0 Å². The summed E-state index contributed by atoms with van der Waals surface area (Å²) in [4.78, 5) is 1.83. The lowest BCUT2D eigenvalue weighted by atomic mass is 9.98. The molecule has 0 radical (unpaired) electrons. The number of hydrogen-bond donors (Lipinski definition) is 1. The average Bonchev–Trinajstić information content (AvgIpc) is 2.31. The predicted octanol–water partition coefficient (Wildman–Crippen LogP) is 2.92. The maximum absolute atomic E-state index is 14.0. The van der Waals surface area contributed by atoms with Gasteiger partial charge in [0.05, 0.1) is 0 Å². The van der Waals surface area contributed by atoms with Crippen molar-refractivity contribution in [3.8, 4) is 0 Å². The van der Waals surface area contributed by atoms with E-state index in [4.69, 9.17) is 0 Å². The molecular formula is C14H20F2N2. The Labute approximate surface area is 107 Å². The molecule has 1 aliphatic heterocycles. The average molecular weight is 254 g/mol. The topological polar surface area (TPSA) is 15.3 Å². The van der Waals surface area contributed by atoms with Crippen molar-refractivity contribution in [1.82, 2.24) is 5.32 Å². The van der Waals surface area contributed by atoms with Gasteiger partial charge in [0.15, 0.2) is 0 Å². The van der Waals surface area contributed by atoms with Crippen molar-refractivity contribution >= 4 is 5.69 Å². The maximum atomic E-state index is 14.0. The third-order valence-corrected chi connectivity index (χ3v) is 3.56. The van der Waals surface area contributed by atoms with E-state index in [2.05, 4.69) is 12.2 Å². The van der Waals surface area contributed by atoms with E-state index >= 15 is 0 Å². The molecule has 0 unspecified atom stereocenters. The Morgan fingerprint density at radius 1 is 1.22 bits per heavy atom. The van der Waals surface area contributed by atoms with E-state index in [1.54, 1.807) is 7.05 Å². The quantitative estimate of drug-likeness (QED) is 0.892. The van der Waals surface area contributed by atoms with Crippen LogP contribution >= 0.6 is 0 Å². The summed E-state index contributed by atoms with van der Waals surface area (Å²) in [5.41, 5.74) is 0.781. The summed E-state index contributed by atoms with van der Waals surface area (Å²) in [5.74, 6) is -0.249. The molecule has 0 aromatic heterocycles. The summed E-state index contributed by atoms with van der Waals surface area (Å²) >= 11 is 0. The predicted molar refractivity (Wildman–Crippen MR) is 69.7 cm³/mol. The Kier molecular flexibility index (Phi) is 4.17. The van der Waals surface area contributed by atoms with Crippen molar-refractivity contribution in [2.24, 2.45) is 5.92 Å². The molecule has 1 aromatic carbocycles. The van der Waals surface area contributed by atoms with Crippen molar-refractivity contribution in [3.63, 3.8) is 0 Å². The zero-order chi connectivity index (χ0) is 13.1. The summed E-state index contributed by atoms with van der Waals surface area (Å²) in [6, 6.07) is 2.85. The number of hydrogen-bond acceptors (Lipinski definition) is 2. The molecule has 1 heterocycles. The standard InChI is InChI=1S/C14H20F2N2/c1-10-3-5-18(6-4-10)14-12(15)7-11(9-17-2)8-13(14)16/h7-8,10,17H,3-6,9H2,1-2H3. The number of nitrogens with one attached hydrogen (secondary N) is 1. The molecule has 0 atom stereocenters. The zero-order valence-electron chi connectivity index (χ0n) is 11.0. The summed E-state index contributed by atoms with van der Waals surface area (Å²) in [7, 11) is 1.76. The van der Waals surface area contributed by atoms with Crippen LogP contribution in [0, 0.1) is 17.6 Å². The van der Waals surface area contributed by atoms with Crippen LogP contribution in [0.3, 0.4) is 0 Å². The monoisotopic (exact) mass is 254 g/mol. The van der Waals surface area contributed by atoms with Crippen LogP contribution < -0.4 is 10.2 Å². The van der Waals surface area contributed by atoms with Crippen molar-refractivity contribution in [2.75, 3.05) is 25.0 Å². The fraction of sp³-hybridized carbons (Fsp3) is 0.571. The van der Waals surface area contributed by atoms with Gasteiger partial charge in [0.25, 0.3) is 0 Å². The lowest BCUT2D eigenvalue weighted by Gasteiger charge is -2.32. The first-order valence-corrected chi connectivity index (χ1v) is 6.49. The van der Waals surface area contributed by atoms with Gasteiger partial charge in [-0.15, -0.1) is 0 Å². The summed E-state index contributed by atoms with van der Waals surface area (Å²) in [5, 5.41) is 2.90. The second-order valence-electron chi connectivity index (χ2n) is 5.11. The molecule has 2 rings (SSSR count). The minimum Gasteiger partial charge on any atom is -0.367 e. The first-order chi connectivity index (χ1) is 8.61. The zero-order valence-corrected chi connectivity index (χ0v) is 11.0. The summed E-state index contributed by atoms with van der Waals surface area (Å²) < 4.78 is 28.0. The largest absolute Gasteiger partial charge is 0.367 e. The molecule has 0 aliphatic carbocycles. The second kappa shape index (κ2) is 5.65. The van der Waals surface area contributed by atoms with Gasteiger partial charge in [0, 0.05) is 19.6 Å². The van der Waals surface area contributed by atoms with Crippen LogP contribution in [-0.2, 0) is 6.54 Å². The van der Waals surface area contributed by atoms with Gasteiger partial charge < -0.3 is 10.2 Å².